The van der Waals surface area contributed by atoms with Gasteiger partial charge in [0.1, 0.15) is 0 Å². The average Bonchev–Trinajstić information content (AvgIpc) is 2.84. The summed E-state index contributed by atoms with van der Waals surface area (Å²) in [6.07, 6.45) is 6.50. The predicted molar refractivity (Wildman–Crippen MR) is 114 cm³/mol. The second kappa shape index (κ2) is 8.97. The normalized spacial score (nSPS) is 25.4. The van der Waals surface area contributed by atoms with E-state index >= 15 is 0 Å². The second-order valence-electron chi connectivity index (χ2n) is 7.87. The van der Waals surface area contributed by atoms with Crippen LogP contribution in [0, 0.1) is 11.8 Å². The molecule has 146 valence electrons. The van der Waals surface area contributed by atoms with Gasteiger partial charge < -0.3 is 9.64 Å². The lowest BCUT2D eigenvalue weighted by molar-refractivity contribution is 0.136. The molecule has 4 heteroatoms. The molecule has 2 aliphatic rings. The van der Waals surface area contributed by atoms with Crippen LogP contribution in [-0.2, 0) is 11.2 Å². The van der Waals surface area contributed by atoms with Crippen LogP contribution in [0.15, 0.2) is 47.4 Å². The van der Waals surface area contributed by atoms with Crippen molar-refractivity contribution >= 4 is 18.3 Å². The number of hydrogen-bond donors (Lipinski definition) is 0. The molecule has 3 unspecified atom stereocenters. The molecule has 0 bridgehead atoms. The van der Waals surface area contributed by atoms with Crippen LogP contribution < -0.4 is 0 Å². The first-order chi connectivity index (χ1) is 13.1. The number of allylic oxidation sites excluding steroid dienone is 1. The van der Waals surface area contributed by atoms with Gasteiger partial charge in [-0.25, -0.2) is 4.99 Å². The number of benzene rings is 1. The van der Waals surface area contributed by atoms with Crippen molar-refractivity contribution in [1.82, 2.24) is 4.90 Å². The maximum Gasteiger partial charge on any atom is 0.170 e. The molecule has 3 nitrogen and oxygen atoms in total. The molecule has 0 N–H and O–H groups in total. The maximum atomic E-state index is 6.27. The van der Waals surface area contributed by atoms with Gasteiger partial charge in [0, 0.05) is 24.0 Å². The number of aliphatic imine (C=N–C) groups is 1. The van der Waals surface area contributed by atoms with E-state index in [0.29, 0.717) is 12.5 Å². The molecule has 1 aromatic rings. The highest BCUT2D eigenvalue weighted by Crippen LogP contribution is 2.37. The van der Waals surface area contributed by atoms with Crippen molar-refractivity contribution in [2.45, 2.75) is 45.4 Å². The van der Waals surface area contributed by atoms with Crippen molar-refractivity contribution in [2.75, 3.05) is 19.7 Å². The third-order valence-corrected chi connectivity index (χ3v) is 6.29. The van der Waals surface area contributed by atoms with E-state index < -0.39 is 0 Å². The lowest BCUT2D eigenvalue weighted by Crippen LogP contribution is -2.38. The molecule has 1 heterocycles. The molecule has 0 saturated heterocycles. The summed E-state index contributed by atoms with van der Waals surface area (Å²) in [4.78, 5) is 6.68. The molecular weight excluding hydrogens is 356 g/mol. The molecular formula is C23H31ClN2O. The number of aryl methyl sites for hydroxylation is 1. The van der Waals surface area contributed by atoms with Crippen LogP contribution >= 0.6 is 11.6 Å². The zero-order valence-corrected chi connectivity index (χ0v) is 17.3. The Kier molecular flexibility index (Phi) is 6.64. The van der Waals surface area contributed by atoms with E-state index in [-0.39, 0.29) is 5.92 Å². The molecule has 3 rings (SSSR count). The van der Waals surface area contributed by atoms with Crippen LogP contribution in [0.3, 0.4) is 0 Å². The largest absolute Gasteiger partial charge is 0.489 e. The third kappa shape index (κ3) is 4.40. The fourth-order valence-corrected chi connectivity index (χ4v) is 4.44. The monoisotopic (exact) mass is 386 g/mol. The minimum absolute atomic E-state index is 0.272. The smallest absolute Gasteiger partial charge is 0.170 e. The van der Waals surface area contributed by atoms with Crippen molar-refractivity contribution in [3.8, 4) is 0 Å². The van der Waals surface area contributed by atoms with Gasteiger partial charge in [-0.05, 0) is 60.7 Å². The van der Waals surface area contributed by atoms with Crippen molar-refractivity contribution in [1.29, 1.82) is 0 Å². The highest BCUT2D eigenvalue weighted by molar-refractivity contribution is 6.30. The Bertz CT molecular complexity index is 727. The van der Waals surface area contributed by atoms with Gasteiger partial charge in [0.05, 0.1) is 6.61 Å². The maximum absolute atomic E-state index is 6.27. The first kappa shape index (κ1) is 20.0. The molecule has 1 aliphatic heterocycles. The van der Waals surface area contributed by atoms with E-state index in [1.807, 2.05) is 6.07 Å². The Morgan fingerprint density at radius 2 is 2.19 bits per heavy atom. The summed E-state index contributed by atoms with van der Waals surface area (Å²) in [6.45, 7) is 14.8. The predicted octanol–water partition coefficient (Wildman–Crippen LogP) is 5.81. The first-order valence-corrected chi connectivity index (χ1v) is 10.4. The summed E-state index contributed by atoms with van der Waals surface area (Å²) in [6, 6.07) is 6.28. The Morgan fingerprint density at radius 1 is 1.37 bits per heavy atom. The molecule has 1 aromatic carbocycles. The van der Waals surface area contributed by atoms with Crippen molar-refractivity contribution < 1.29 is 4.74 Å². The summed E-state index contributed by atoms with van der Waals surface area (Å²) in [5, 5.41) is 0.801. The van der Waals surface area contributed by atoms with E-state index in [1.54, 1.807) is 6.08 Å². The van der Waals surface area contributed by atoms with Crippen molar-refractivity contribution in [3.63, 3.8) is 0 Å². The van der Waals surface area contributed by atoms with Crippen molar-refractivity contribution in [3.05, 3.63) is 58.6 Å². The van der Waals surface area contributed by atoms with Gasteiger partial charge in [0.25, 0.3) is 0 Å². The molecule has 1 aliphatic carbocycles. The Morgan fingerprint density at radius 3 is 2.78 bits per heavy atom. The highest BCUT2D eigenvalue weighted by Gasteiger charge is 2.33. The number of hydrogen-bond acceptors (Lipinski definition) is 3. The minimum atomic E-state index is 0.272. The average molecular weight is 387 g/mol. The van der Waals surface area contributed by atoms with Crippen LogP contribution in [0.5, 0.6) is 0 Å². The second-order valence-corrected chi connectivity index (χ2v) is 8.31. The fraction of sp³-hybridized carbons (Fsp3) is 0.522. The Hall–Kier alpha value is -1.74. The molecule has 1 fully saturated rings. The topological polar surface area (TPSA) is 24.8 Å². The third-order valence-electron chi connectivity index (χ3n) is 6.05. The van der Waals surface area contributed by atoms with Crippen LogP contribution in [0.2, 0.25) is 5.02 Å². The summed E-state index contributed by atoms with van der Waals surface area (Å²) in [5.74, 6) is 3.33. The molecule has 1 saturated carbocycles. The van der Waals surface area contributed by atoms with Crippen LogP contribution in [0.4, 0.5) is 0 Å². The molecule has 0 amide bonds. The lowest BCUT2D eigenvalue weighted by atomic mass is 9.74. The summed E-state index contributed by atoms with van der Waals surface area (Å²) >= 11 is 6.27. The number of rotatable bonds is 7. The number of ether oxygens (including phenoxy) is 1. The zero-order valence-electron chi connectivity index (χ0n) is 16.6. The standard InChI is InChI=1S/C23H31ClN2O/c1-5-7-17-12-20(24)10-11-21(17)19-14-26(13-18-9-8-16(18)3)23(25-4)22(6-2)27-15-19/h6,10-12,16,18-19H,2,4-5,7-9,13-15H2,1,3H3. The van der Waals surface area contributed by atoms with Crippen LogP contribution in [0.1, 0.15) is 50.2 Å². The summed E-state index contributed by atoms with van der Waals surface area (Å²) in [5.41, 5.74) is 2.66. The zero-order chi connectivity index (χ0) is 19.4. The van der Waals surface area contributed by atoms with E-state index in [0.717, 1.165) is 48.5 Å². The van der Waals surface area contributed by atoms with Gasteiger partial charge in [-0.1, -0.05) is 50.9 Å². The van der Waals surface area contributed by atoms with Crippen LogP contribution in [-0.4, -0.2) is 31.3 Å². The number of halogens is 1. The highest BCUT2D eigenvalue weighted by atomic mass is 35.5. The van der Waals surface area contributed by atoms with E-state index in [9.17, 15) is 0 Å². The molecule has 3 atom stereocenters. The number of nitrogens with zero attached hydrogens (tertiary/aromatic N) is 2. The van der Waals surface area contributed by atoms with Crippen LogP contribution in [0.25, 0.3) is 0 Å². The molecule has 0 aromatic heterocycles. The molecule has 27 heavy (non-hydrogen) atoms. The lowest BCUT2D eigenvalue weighted by Gasteiger charge is -2.39. The summed E-state index contributed by atoms with van der Waals surface area (Å²) < 4.78 is 6.13. The first-order valence-electron chi connectivity index (χ1n) is 10.1. The van der Waals surface area contributed by atoms with E-state index in [4.69, 9.17) is 16.3 Å². The van der Waals surface area contributed by atoms with Gasteiger partial charge in [0.15, 0.2) is 11.6 Å². The van der Waals surface area contributed by atoms with E-state index in [1.165, 1.54) is 24.0 Å². The molecule has 0 spiro atoms. The SMILES string of the molecule is C=CC1=C(N=C)N(CC2CCC2C)CC(c2ccc(Cl)cc2CCC)CO1. The van der Waals surface area contributed by atoms with E-state index in [2.05, 4.69) is 49.2 Å². The Labute approximate surface area is 168 Å². The van der Waals surface area contributed by atoms with Crippen molar-refractivity contribution in [2.24, 2.45) is 16.8 Å². The van der Waals surface area contributed by atoms with Gasteiger partial charge >= 0.3 is 0 Å². The van der Waals surface area contributed by atoms with Gasteiger partial charge in [-0.15, -0.1) is 0 Å². The van der Waals surface area contributed by atoms with Gasteiger partial charge in [-0.2, -0.15) is 0 Å². The van der Waals surface area contributed by atoms with Gasteiger partial charge in [-0.3, -0.25) is 0 Å². The molecule has 0 radical (unpaired) electrons. The fourth-order valence-electron chi connectivity index (χ4n) is 4.24. The minimum Gasteiger partial charge on any atom is -0.489 e. The Balaban J connectivity index is 1.91. The van der Waals surface area contributed by atoms with Gasteiger partial charge in [0.2, 0.25) is 0 Å². The quantitative estimate of drug-likeness (QED) is 0.552. The summed E-state index contributed by atoms with van der Waals surface area (Å²) in [7, 11) is 0.